The Bertz CT molecular complexity index is 517. The number of amides is 2. The van der Waals surface area contributed by atoms with Gasteiger partial charge in [-0.1, -0.05) is 43.4 Å². The van der Waals surface area contributed by atoms with Crippen molar-refractivity contribution < 1.29 is 9.59 Å². The smallest absolute Gasteiger partial charge is 0.223 e. The molecule has 4 nitrogen and oxygen atoms in total. The average Bonchev–Trinajstić information content (AvgIpc) is 2.77. The van der Waals surface area contributed by atoms with E-state index in [1.807, 2.05) is 31.2 Å². The summed E-state index contributed by atoms with van der Waals surface area (Å²) >= 11 is 0. The van der Waals surface area contributed by atoms with Crippen LogP contribution in [-0.2, 0) is 9.59 Å². The van der Waals surface area contributed by atoms with Crippen molar-refractivity contribution in [2.75, 3.05) is 11.4 Å². The number of rotatable bonds is 5. The van der Waals surface area contributed by atoms with E-state index in [2.05, 4.69) is 5.32 Å². The van der Waals surface area contributed by atoms with Crippen LogP contribution in [0.2, 0.25) is 0 Å². The first kappa shape index (κ1) is 17.5. The molecule has 2 amide bonds. The Balaban J connectivity index is 1.86. The van der Waals surface area contributed by atoms with Gasteiger partial charge < -0.3 is 10.2 Å². The minimum absolute atomic E-state index is 0.0314. The van der Waals surface area contributed by atoms with E-state index in [-0.39, 0.29) is 11.8 Å². The fraction of sp³-hybridized carbons (Fsp3) is 0.579. The summed E-state index contributed by atoms with van der Waals surface area (Å²) in [5.41, 5.74) is 2.01. The highest BCUT2D eigenvalue weighted by molar-refractivity contribution is 5.92. The number of carbonyl (C=O) groups is 2. The van der Waals surface area contributed by atoms with Crippen molar-refractivity contribution in [3.8, 4) is 0 Å². The Morgan fingerprint density at radius 2 is 1.70 bits per heavy atom. The van der Waals surface area contributed by atoms with E-state index >= 15 is 0 Å². The third-order valence-electron chi connectivity index (χ3n) is 4.51. The summed E-state index contributed by atoms with van der Waals surface area (Å²) in [5.74, 6) is 0.0198. The molecule has 1 N–H and O–H groups in total. The maximum absolute atomic E-state index is 12.2. The maximum atomic E-state index is 12.2. The van der Waals surface area contributed by atoms with Gasteiger partial charge in [0.1, 0.15) is 0 Å². The summed E-state index contributed by atoms with van der Waals surface area (Å²) in [5, 5.41) is 3.14. The molecule has 23 heavy (non-hydrogen) atoms. The van der Waals surface area contributed by atoms with Gasteiger partial charge in [-0.05, 0) is 31.9 Å². The number of hydrogen-bond acceptors (Lipinski definition) is 2. The van der Waals surface area contributed by atoms with Gasteiger partial charge in [0.15, 0.2) is 0 Å². The van der Waals surface area contributed by atoms with Crippen LogP contribution in [0.25, 0.3) is 0 Å². The summed E-state index contributed by atoms with van der Waals surface area (Å²) in [6.07, 6.45) is 7.47. The second kappa shape index (κ2) is 8.70. The third-order valence-corrected chi connectivity index (χ3v) is 4.51. The normalized spacial score (nSPS) is 15.7. The Morgan fingerprint density at radius 3 is 2.26 bits per heavy atom. The number of hydrogen-bond donors (Lipinski definition) is 1. The zero-order valence-corrected chi connectivity index (χ0v) is 14.3. The summed E-state index contributed by atoms with van der Waals surface area (Å²) in [4.78, 5) is 25.7. The van der Waals surface area contributed by atoms with Crippen molar-refractivity contribution in [1.82, 2.24) is 5.32 Å². The standard InChI is InChI=1S/C19H28N2O2/c1-15-9-11-18(12-10-15)21(16(2)22)14-13-19(23)20-17-7-5-3-4-6-8-17/h9-12,17H,3-8,13-14H2,1-2H3,(H,20,23). The molecule has 0 heterocycles. The lowest BCUT2D eigenvalue weighted by Gasteiger charge is -2.22. The van der Waals surface area contributed by atoms with Crippen molar-refractivity contribution in [3.63, 3.8) is 0 Å². The average molecular weight is 316 g/mol. The zero-order valence-electron chi connectivity index (χ0n) is 14.3. The molecule has 0 aromatic heterocycles. The number of carbonyl (C=O) groups excluding carboxylic acids is 2. The van der Waals surface area contributed by atoms with Crippen molar-refractivity contribution in [1.29, 1.82) is 0 Å². The van der Waals surface area contributed by atoms with Gasteiger partial charge in [0.25, 0.3) is 0 Å². The number of benzene rings is 1. The molecule has 1 aromatic rings. The van der Waals surface area contributed by atoms with Gasteiger partial charge in [-0.3, -0.25) is 9.59 Å². The largest absolute Gasteiger partial charge is 0.353 e. The SMILES string of the molecule is CC(=O)N(CCC(=O)NC1CCCCCC1)c1ccc(C)cc1. The summed E-state index contributed by atoms with van der Waals surface area (Å²) in [7, 11) is 0. The van der Waals surface area contributed by atoms with Gasteiger partial charge >= 0.3 is 0 Å². The lowest BCUT2D eigenvalue weighted by atomic mass is 10.1. The van der Waals surface area contributed by atoms with E-state index < -0.39 is 0 Å². The minimum atomic E-state index is -0.0314. The van der Waals surface area contributed by atoms with E-state index in [0.717, 1.165) is 24.1 Å². The van der Waals surface area contributed by atoms with Crippen LogP contribution in [0.3, 0.4) is 0 Å². The van der Waals surface area contributed by atoms with Crippen LogP contribution in [0.4, 0.5) is 5.69 Å². The highest BCUT2D eigenvalue weighted by atomic mass is 16.2. The van der Waals surface area contributed by atoms with Crippen LogP contribution in [0.5, 0.6) is 0 Å². The molecule has 1 fully saturated rings. The second-order valence-corrected chi connectivity index (χ2v) is 6.51. The monoisotopic (exact) mass is 316 g/mol. The van der Waals surface area contributed by atoms with Crippen molar-refractivity contribution in [3.05, 3.63) is 29.8 Å². The van der Waals surface area contributed by atoms with Gasteiger partial charge in [0.05, 0.1) is 0 Å². The number of anilines is 1. The van der Waals surface area contributed by atoms with Gasteiger partial charge in [0, 0.05) is 31.6 Å². The number of aryl methyl sites for hydroxylation is 1. The molecule has 0 radical (unpaired) electrons. The van der Waals surface area contributed by atoms with Crippen molar-refractivity contribution >= 4 is 17.5 Å². The molecular formula is C19H28N2O2. The number of nitrogens with one attached hydrogen (secondary N) is 1. The predicted molar refractivity (Wildman–Crippen MR) is 93.5 cm³/mol. The molecule has 1 saturated carbocycles. The number of nitrogens with zero attached hydrogens (tertiary/aromatic N) is 1. The summed E-state index contributed by atoms with van der Waals surface area (Å²) in [6.45, 7) is 3.99. The van der Waals surface area contributed by atoms with Gasteiger partial charge in [-0.2, -0.15) is 0 Å². The van der Waals surface area contributed by atoms with Crippen molar-refractivity contribution in [2.24, 2.45) is 0 Å². The molecule has 0 spiro atoms. The molecule has 126 valence electrons. The van der Waals surface area contributed by atoms with E-state index in [0.29, 0.717) is 19.0 Å². The highest BCUT2D eigenvalue weighted by Gasteiger charge is 2.17. The predicted octanol–water partition coefficient (Wildman–Crippen LogP) is 3.58. The lowest BCUT2D eigenvalue weighted by Crippen LogP contribution is -2.38. The van der Waals surface area contributed by atoms with E-state index in [1.54, 1.807) is 11.8 Å². The minimum Gasteiger partial charge on any atom is -0.353 e. The van der Waals surface area contributed by atoms with Gasteiger partial charge in [0.2, 0.25) is 11.8 Å². The Kier molecular flexibility index (Phi) is 6.63. The summed E-state index contributed by atoms with van der Waals surface area (Å²) in [6, 6.07) is 8.14. The molecular weight excluding hydrogens is 288 g/mol. The van der Waals surface area contributed by atoms with E-state index in [1.165, 1.54) is 25.7 Å². The molecule has 1 aliphatic rings. The first-order chi connectivity index (χ1) is 11.1. The van der Waals surface area contributed by atoms with Gasteiger partial charge in [-0.15, -0.1) is 0 Å². The molecule has 1 aromatic carbocycles. The molecule has 2 rings (SSSR count). The van der Waals surface area contributed by atoms with Crippen LogP contribution in [-0.4, -0.2) is 24.4 Å². The highest BCUT2D eigenvalue weighted by Crippen LogP contribution is 2.18. The van der Waals surface area contributed by atoms with Crippen LogP contribution in [0, 0.1) is 6.92 Å². The fourth-order valence-corrected chi connectivity index (χ4v) is 3.13. The Labute approximate surface area is 139 Å². The summed E-state index contributed by atoms with van der Waals surface area (Å²) < 4.78 is 0. The quantitative estimate of drug-likeness (QED) is 0.844. The van der Waals surface area contributed by atoms with Crippen LogP contribution >= 0.6 is 0 Å². The second-order valence-electron chi connectivity index (χ2n) is 6.51. The van der Waals surface area contributed by atoms with Crippen LogP contribution in [0.1, 0.15) is 57.4 Å². The van der Waals surface area contributed by atoms with E-state index in [9.17, 15) is 9.59 Å². The first-order valence-electron chi connectivity index (χ1n) is 8.70. The van der Waals surface area contributed by atoms with Crippen LogP contribution in [0.15, 0.2) is 24.3 Å². The molecule has 1 aliphatic carbocycles. The molecule has 0 saturated heterocycles. The Hall–Kier alpha value is -1.84. The first-order valence-corrected chi connectivity index (χ1v) is 8.70. The van der Waals surface area contributed by atoms with E-state index in [4.69, 9.17) is 0 Å². The zero-order chi connectivity index (χ0) is 16.7. The third kappa shape index (κ3) is 5.70. The maximum Gasteiger partial charge on any atom is 0.223 e. The molecule has 4 heteroatoms. The van der Waals surface area contributed by atoms with Crippen LogP contribution < -0.4 is 10.2 Å². The topological polar surface area (TPSA) is 49.4 Å². The fourth-order valence-electron chi connectivity index (χ4n) is 3.13. The Morgan fingerprint density at radius 1 is 1.09 bits per heavy atom. The van der Waals surface area contributed by atoms with Crippen molar-refractivity contribution in [2.45, 2.75) is 64.8 Å². The molecule has 0 unspecified atom stereocenters. The molecule has 0 aliphatic heterocycles. The molecule has 0 atom stereocenters. The molecule has 0 bridgehead atoms. The van der Waals surface area contributed by atoms with Gasteiger partial charge in [-0.25, -0.2) is 0 Å². The lowest BCUT2D eigenvalue weighted by molar-refractivity contribution is -0.121.